The fraction of sp³-hybridized carbons (Fsp3) is 0.263. The first-order valence-electron chi connectivity index (χ1n) is 7.92. The molecule has 2 aromatic rings. The monoisotopic (exact) mass is 324 g/mol. The minimum atomic E-state index is -0.0680. The highest BCUT2D eigenvalue weighted by atomic mass is 16.5. The van der Waals surface area contributed by atoms with Gasteiger partial charge in [-0.15, -0.1) is 0 Å². The Balaban J connectivity index is 1.61. The van der Waals surface area contributed by atoms with E-state index in [2.05, 4.69) is 5.32 Å². The van der Waals surface area contributed by atoms with Crippen LogP contribution in [0.25, 0.3) is 0 Å². The summed E-state index contributed by atoms with van der Waals surface area (Å²) in [6.45, 7) is 2.23. The number of nitrogens with zero attached hydrogens (tertiary/aromatic N) is 1. The Morgan fingerprint density at radius 1 is 1.17 bits per heavy atom. The van der Waals surface area contributed by atoms with Gasteiger partial charge in [-0.2, -0.15) is 0 Å². The first kappa shape index (κ1) is 16.1. The van der Waals surface area contributed by atoms with Gasteiger partial charge in [0.15, 0.2) is 0 Å². The van der Waals surface area contributed by atoms with Crippen molar-refractivity contribution in [2.75, 3.05) is 23.9 Å². The highest BCUT2D eigenvalue weighted by molar-refractivity contribution is 5.94. The number of anilines is 2. The predicted octanol–water partition coefficient (Wildman–Crippen LogP) is 2.79. The van der Waals surface area contributed by atoms with Crippen molar-refractivity contribution < 1.29 is 14.3 Å². The summed E-state index contributed by atoms with van der Waals surface area (Å²) < 4.78 is 5.47. The summed E-state index contributed by atoms with van der Waals surface area (Å²) in [5.74, 6) is 0.818. The molecule has 124 valence electrons. The fourth-order valence-corrected chi connectivity index (χ4v) is 2.69. The molecule has 0 aromatic heterocycles. The van der Waals surface area contributed by atoms with Gasteiger partial charge in [-0.3, -0.25) is 9.59 Å². The second-order valence-corrected chi connectivity index (χ2v) is 5.89. The lowest BCUT2D eigenvalue weighted by atomic mass is 10.1. The van der Waals surface area contributed by atoms with Crippen LogP contribution in [0.4, 0.5) is 11.4 Å². The number of nitrogens with one attached hydrogen (secondary N) is 1. The van der Waals surface area contributed by atoms with Crippen molar-refractivity contribution in [3.8, 4) is 5.75 Å². The summed E-state index contributed by atoms with van der Waals surface area (Å²) in [6.07, 6.45) is 1.22. The van der Waals surface area contributed by atoms with E-state index in [0.717, 1.165) is 29.0 Å². The third kappa shape index (κ3) is 3.56. The van der Waals surface area contributed by atoms with Gasteiger partial charge in [0.25, 0.3) is 0 Å². The van der Waals surface area contributed by atoms with Gasteiger partial charge in [-0.05, 0) is 41.5 Å². The third-order valence-electron chi connectivity index (χ3n) is 4.13. The number of carbonyl (C=O) groups excluding carboxylic acids is 2. The van der Waals surface area contributed by atoms with E-state index in [1.54, 1.807) is 24.1 Å². The Morgan fingerprint density at radius 3 is 2.62 bits per heavy atom. The second kappa shape index (κ2) is 6.74. The van der Waals surface area contributed by atoms with E-state index in [4.69, 9.17) is 4.74 Å². The summed E-state index contributed by atoms with van der Waals surface area (Å²) in [5.41, 5.74) is 3.64. The normalized spacial score (nSPS) is 12.2. The number of hydrogen-bond donors (Lipinski definition) is 1. The number of rotatable bonds is 4. The third-order valence-corrected chi connectivity index (χ3v) is 4.13. The van der Waals surface area contributed by atoms with E-state index >= 15 is 0 Å². The van der Waals surface area contributed by atoms with Crippen LogP contribution in [-0.4, -0.2) is 25.5 Å². The van der Waals surface area contributed by atoms with Crippen LogP contribution in [0.1, 0.15) is 18.1 Å². The summed E-state index contributed by atoms with van der Waals surface area (Å²) in [4.78, 5) is 25.1. The minimum Gasteiger partial charge on any atom is -0.493 e. The molecule has 0 saturated carbocycles. The molecule has 0 fully saturated rings. The summed E-state index contributed by atoms with van der Waals surface area (Å²) in [7, 11) is 1.72. The zero-order chi connectivity index (χ0) is 17.1. The molecular weight excluding hydrogens is 304 g/mol. The molecule has 24 heavy (non-hydrogen) atoms. The van der Waals surface area contributed by atoms with Crippen molar-refractivity contribution in [2.45, 2.75) is 19.8 Å². The molecule has 0 unspecified atom stereocenters. The van der Waals surface area contributed by atoms with E-state index in [9.17, 15) is 9.59 Å². The molecule has 3 rings (SSSR count). The van der Waals surface area contributed by atoms with Crippen molar-refractivity contribution in [3.05, 3.63) is 53.6 Å². The number of benzene rings is 2. The van der Waals surface area contributed by atoms with Crippen molar-refractivity contribution in [3.63, 3.8) is 0 Å². The smallest absolute Gasteiger partial charge is 0.228 e. The van der Waals surface area contributed by atoms with Crippen molar-refractivity contribution in [1.29, 1.82) is 0 Å². The van der Waals surface area contributed by atoms with Gasteiger partial charge in [-0.1, -0.05) is 12.1 Å². The van der Waals surface area contributed by atoms with Crippen LogP contribution in [0.2, 0.25) is 0 Å². The van der Waals surface area contributed by atoms with Gasteiger partial charge in [0.05, 0.1) is 13.0 Å². The molecule has 1 aliphatic heterocycles. The molecular formula is C19H20N2O3. The molecule has 5 heteroatoms. The number of ether oxygens (including phenoxy) is 1. The maximum absolute atomic E-state index is 12.2. The number of hydrogen-bond acceptors (Lipinski definition) is 3. The number of amides is 2. The number of carbonyl (C=O) groups is 2. The maximum atomic E-state index is 12.2. The SMILES string of the molecule is CC(=O)N(C)c1ccc(NC(=O)Cc2ccc3c(c2)CCO3)cc1. The van der Waals surface area contributed by atoms with Crippen LogP contribution in [-0.2, 0) is 22.4 Å². The zero-order valence-corrected chi connectivity index (χ0v) is 13.8. The standard InChI is InChI=1S/C19H20N2O3/c1-13(22)21(2)17-6-4-16(5-7-17)20-19(23)12-14-3-8-18-15(11-14)9-10-24-18/h3-8,11H,9-10,12H2,1-2H3,(H,20,23). The van der Waals surface area contributed by atoms with Crippen molar-refractivity contribution in [2.24, 2.45) is 0 Å². The van der Waals surface area contributed by atoms with Crippen molar-refractivity contribution in [1.82, 2.24) is 0 Å². The number of fused-ring (bicyclic) bond motifs is 1. The van der Waals surface area contributed by atoms with E-state index in [0.29, 0.717) is 18.7 Å². The highest BCUT2D eigenvalue weighted by Gasteiger charge is 2.13. The van der Waals surface area contributed by atoms with Gasteiger partial charge in [0.2, 0.25) is 11.8 Å². The van der Waals surface area contributed by atoms with E-state index in [1.165, 1.54) is 6.92 Å². The summed E-state index contributed by atoms with van der Waals surface area (Å²) >= 11 is 0. The zero-order valence-electron chi connectivity index (χ0n) is 13.8. The van der Waals surface area contributed by atoms with Crippen molar-refractivity contribution >= 4 is 23.2 Å². The maximum Gasteiger partial charge on any atom is 0.228 e. The van der Waals surface area contributed by atoms with Gasteiger partial charge in [0.1, 0.15) is 5.75 Å². The van der Waals surface area contributed by atoms with Gasteiger partial charge in [0, 0.05) is 31.8 Å². The Morgan fingerprint density at radius 2 is 1.92 bits per heavy atom. The Kier molecular flexibility index (Phi) is 4.51. The minimum absolute atomic E-state index is 0.0348. The molecule has 0 radical (unpaired) electrons. The summed E-state index contributed by atoms with van der Waals surface area (Å²) in [5, 5.41) is 2.88. The average Bonchev–Trinajstić information content (AvgIpc) is 3.02. The van der Waals surface area contributed by atoms with Crippen LogP contribution in [0.5, 0.6) is 5.75 Å². The summed E-state index contributed by atoms with van der Waals surface area (Å²) in [6, 6.07) is 13.1. The van der Waals surface area contributed by atoms with E-state index < -0.39 is 0 Å². The van der Waals surface area contributed by atoms with Gasteiger partial charge in [-0.25, -0.2) is 0 Å². The molecule has 1 aliphatic rings. The van der Waals surface area contributed by atoms with Crippen LogP contribution < -0.4 is 15.0 Å². The van der Waals surface area contributed by atoms with E-state index in [-0.39, 0.29) is 11.8 Å². The molecule has 0 saturated heterocycles. The molecule has 0 aliphatic carbocycles. The lowest BCUT2D eigenvalue weighted by Crippen LogP contribution is -2.22. The van der Waals surface area contributed by atoms with E-state index in [1.807, 2.05) is 30.3 Å². The quantitative estimate of drug-likeness (QED) is 0.941. The molecule has 1 N–H and O–H groups in total. The van der Waals surface area contributed by atoms with Crippen LogP contribution in [0.3, 0.4) is 0 Å². The van der Waals surface area contributed by atoms with Crippen LogP contribution in [0, 0.1) is 0 Å². The largest absolute Gasteiger partial charge is 0.493 e. The Labute approximate surface area is 141 Å². The van der Waals surface area contributed by atoms with Crippen LogP contribution >= 0.6 is 0 Å². The fourth-order valence-electron chi connectivity index (χ4n) is 2.69. The van der Waals surface area contributed by atoms with Gasteiger partial charge < -0.3 is 15.0 Å². The van der Waals surface area contributed by atoms with Crippen LogP contribution in [0.15, 0.2) is 42.5 Å². The Hall–Kier alpha value is -2.82. The first-order valence-corrected chi connectivity index (χ1v) is 7.92. The molecule has 2 amide bonds. The first-order chi connectivity index (χ1) is 11.5. The van der Waals surface area contributed by atoms with Gasteiger partial charge >= 0.3 is 0 Å². The Bertz CT molecular complexity index is 769. The molecule has 2 aromatic carbocycles. The lowest BCUT2D eigenvalue weighted by molar-refractivity contribution is -0.116. The molecule has 1 heterocycles. The highest BCUT2D eigenvalue weighted by Crippen LogP contribution is 2.26. The lowest BCUT2D eigenvalue weighted by Gasteiger charge is -2.15. The predicted molar refractivity (Wildman–Crippen MR) is 93.5 cm³/mol. The molecule has 5 nitrogen and oxygen atoms in total. The molecule has 0 spiro atoms. The second-order valence-electron chi connectivity index (χ2n) is 5.89. The molecule has 0 atom stereocenters. The molecule has 0 bridgehead atoms. The average molecular weight is 324 g/mol. The topological polar surface area (TPSA) is 58.6 Å².